The molecule has 2 heteroatoms. The third kappa shape index (κ3) is 4.19. The van der Waals surface area contributed by atoms with Gasteiger partial charge in [0.1, 0.15) is 0 Å². The second kappa shape index (κ2) is 11.1. The van der Waals surface area contributed by atoms with Gasteiger partial charge in [0.2, 0.25) is 0 Å². The summed E-state index contributed by atoms with van der Waals surface area (Å²) in [6.07, 6.45) is 1.01. The Balaban J connectivity index is 1.46. The van der Waals surface area contributed by atoms with Crippen LogP contribution in [0.1, 0.15) is 23.6 Å². The van der Waals surface area contributed by atoms with Crippen molar-refractivity contribution in [3.8, 4) is 33.6 Å². The van der Waals surface area contributed by atoms with Gasteiger partial charge in [-0.05, 0) is 77.9 Å². The van der Waals surface area contributed by atoms with Crippen LogP contribution < -0.4 is 0 Å². The number of hydrogen-bond acceptors (Lipinski definition) is 0. The standard InChI is InChI=1S/C46H36N2/c1-4-32-16-12-17-33(29-32)37-22-13-23-39-40-24-14-26-43(46(40)47(45(37)39)34-18-6-5-7-19-34)48-42-25-11-10-21-38(42)41-28-27-36(31(3)44(41)48)35-20-9-8-15-30(35)2/h5-29H,4H2,1-3H3. The van der Waals surface area contributed by atoms with Gasteiger partial charge >= 0.3 is 0 Å². The monoisotopic (exact) mass is 616 g/mol. The van der Waals surface area contributed by atoms with Gasteiger partial charge < -0.3 is 9.13 Å². The number of aryl methyl sites for hydroxylation is 3. The average molecular weight is 617 g/mol. The first kappa shape index (κ1) is 28.4. The van der Waals surface area contributed by atoms with Gasteiger partial charge in [-0.25, -0.2) is 0 Å². The molecule has 0 aliphatic rings. The van der Waals surface area contributed by atoms with Crippen LogP contribution in [0.15, 0.2) is 152 Å². The molecule has 2 aromatic heterocycles. The van der Waals surface area contributed by atoms with Crippen molar-refractivity contribution < 1.29 is 0 Å². The van der Waals surface area contributed by atoms with E-state index < -0.39 is 0 Å². The first-order valence-electron chi connectivity index (χ1n) is 16.9. The molecule has 9 rings (SSSR count). The molecular formula is C46H36N2. The predicted molar refractivity (Wildman–Crippen MR) is 205 cm³/mol. The third-order valence-electron chi connectivity index (χ3n) is 10.2. The second-order valence-corrected chi connectivity index (χ2v) is 12.9. The zero-order valence-electron chi connectivity index (χ0n) is 27.5. The molecule has 0 saturated carbocycles. The maximum Gasteiger partial charge on any atom is 0.0782 e. The van der Waals surface area contributed by atoms with Gasteiger partial charge in [-0.1, -0.05) is 134 Å². The van der Waals surface area contributed by atoms with Crippen LogP contribution in [0.5, 0.6) is 0 Å². The summed E-state index contributed by atoms with van der Waals surface area (Å²) in [5.41, 5.74) is 16.2. The molecule has 230 valence electrons. The number of fused-ring (bicyclic) bond motifs is 6. The zero-order chi connectivity index (χ0) is 32.4. The Morgan fingerprint density at radius 1 is 0.458 bits per heavy atom. The van der Waals surface area contributed by atoms with Crippen molar-refractivity contribution in [3.63, 3.8) is 0 Å². The van der Waals surface area contributed by atoms with Crippen molar-refractivity contribution >= 4 is 43.6 Å². The van der Waals surface area contributed by atoms with Gasteiger partial charge in [0.05, 0.1) is 27.8 Å². The van der Waals surface area contributed by atoms with Crippen molar-refractivity contribution in [1.82, 2.24) is 9.13 Å². The normalized spacial score (nSPS) is 11.7. The Morgan fingerprint density at radius 2 is 1.12 bits per heavy atom. The topological polar surface area (TPSA) is 9.86 Å². The molecule has 9 aromatic rings. The van der Waals surface area contributed by atoms with E-state index in [0.29, 0.717) is 0 Å². The minimum Gasteiger partial charge on any atom is -0.307 e. The third-order valence-corrected chi connectivity index (χ3v) is 10.2. The van der Waals surface area contributed by atoms with E-state index in [9.17, 15) is 0 Å². The van der Waals surface area contributed by atoms with Crippen LogP contribution in [0.4, 0.5) is 0 Å². The molecule has 0 amide bonds. The molecule has 0 N–H and O–H groups in total. The maximum atomic E-state index is 2.53. The summed E-state index contributed by atoms with van der Waals surface area (Å²) in [5.74, 6) is 0. The minimum absolute atomic E-state index is 1.01. The van der Waals surface area contributed by atoms with E-state index in [1.165, 1.54) is 88.2 Å². The fraction of sp³-hybridized carbons (Fsp3) is 0.0870. The summed E-state index contributed by atoms with van der Waals surface area (Å²) < 4.78 is 5.04. The molecule has 48 heavy (non-hydrogen) atoms. The van der Waals surface area contributed by atoms with Crippen molar-refractivity contribution in [2.24, 2.45) is 0 Å². The molecule has 2 nitrogen and oxygen atoms in total. The van der Waals surface area contributed by atoms with E-state index in [0.717, 1.165) is 12.1 Å². The van der Waals surface area contributed by atoms with Crippen LogP contribution in [0.2, 0.25) is 0 Å². The Kier molecular flexibility index (Phi) is 6.58. The van der Waals surface area contributed by atoms with Crippen LogP contribution in [0.3, 0.4) is 0 Å². The molecule has 0 spiro atoms. The summed E-state index contributed by atoms with van der Waals surface area (Å²) in [4.78, 5) is 0. The van der Waals surface area contributed by atoms with Gasteiger partial charge in [-0.2, -0.15) is 0 Å². The lowest BCUT2D eigenvalue weighted by Gasteiger charge is -2.17. The van der Waals surface area contributed by atoms with Crippen molar-refractivity contribution in [3.05, 3.63) is 168 Å². The number of aromatic nitrogens is 2. The maximum absolute atomic E-state index is 2.53. The van der Waals surface area contributed by atoms with Gasteiger partial charge in [0, 0.05) is 32.8 Å². The van der Waals surface area contributed by atoms with Crippen molar-refractivity contribution in [2.45, 2.75) is 27.2 Å². The number of para-hydroxylation sites is 4. The van der Waals surface area contributed by atoms with Gasteiger partial charge in [-0.3, -0.25) is 0 Å². The second-order valence-electron chi connectivity index (χ2n) is 12.9. The SMILES string of the molecule is CCc1cccc(-c2cccc3c4cccc(-n5c6ccccc6c6ccc(-c7ccccc7C)c(C)c65)c4n(-c4ccccc4)c23)c1. The van der Waals surface area contributed by atoms with E-state index in [-0.39, 0.29) is 0 Å². The Bertz CT molecular complexity index is 2670. The largest absolute Gasteiger partial charge is 0.307 e. The van der Waals surface area contributed by atoms with Crippen LogP contribution in [-0.4, -0.2) is 9.13 Å². The molecule has 0 unspecified atom stereocenters. The Morgan fingerprint density at radius 3 is 1.96 bits per heavy atom. The molecule has 0 aliphatic carbocycles. The highest BCUT2D eigenvalue weighted by Gasteiger charge is 2.23. The average Bonchev–Trinajstić information content (AvgIpc) is 3.66. The Hall–Kier alpha value is -5.86. The summed E-state index contributed by atoms with van der Waals surface area (Å²) in [6.45, 7) is 6.73. The fourth-order valence-electron chi connectivity index (χ4n) is 7.94. The van der Waals surface area contributed by atoms with Gasteiger partial charge in [-0.15, -0.1) is 0 Å². The molecule has 0 fully saturated rings. The summed E-state index contributed by atoms with van der Waals surface area (Å²) in [7, 11) is 0. The van der Waals surface area contributed by atoms with Gasteiger partial charge in [0.15, 0.2) is 0 Å². The number of rotatable bonds is 5. The highest BCUT2D eigenvalue weighted by atomic mass is 15.1. The molecule has 7 aromatic carbocycles. The van der Waals surface area contributed by atoms with Crippen LogP contribution in [0.25, 0.3) is 77.2 Å². The highest BCUT2D eigenvalue weighted by Crippen LogP contribution is 2.44. The molecular weight excluding hydrogens is 581 g/mol. The number of benzene rings is 7. The van der Waals surface area contributed by atoms with E-state index in [1.807, 2.05) is 0 Å². The lowest BCUT2D eigenvalue weighted by atomic mass is 9.95. The van der Waals surface area contributed by atoms with Gasteiger partial charge in [0.25, 0.3) is 0 Å². The molecule has 0 aliphatic heterocycles. The highest BCUT2D eigenvalue weighted by molar-refractivity contribution is 6.18. The molecule has 2 heterocycles. The van der Waals surface area contributed by atoms with Crippen LogP contribution in [-0.2, 0) is 6.42 Å². The van der Waals surface area contributed by atoms with E-state index >= 15 is 0 Å². The first-order valence-corrected chi connectivity index (χ1v) is 16.9. The van der Waals surface area contributed by atoms with E-state index in [2.05, 4.69) is 182 Å². The summed E-state index contributed by atoms with van der Waals surface area (Å²) in [5, 5.41) is 5.05. The molecule has 0 bridgehead atoms. The van der Waals surface area contributed by atoms with E-state index in [4.69, 9.17) is 0 Å². The summed E-state index contributed by atoms with van der Waals surface area (Å²) in [6, 6.07) is 55.8. The lowest BCUT2D eigenvalue weighted by Crippen LogP contribution is -2.02. The van der Waals surface area contributed by atoms with Crippen LogP contribution >= 0.6 is 0 Å². The number of hydrogen-bond donors (Lipinski definition) is 0. The Labute approximate surface area is 281 Å². The first-order chi connectivity index (χ1) is 23.6. The molecule has 0 saturated heterocycles. The smallest absolute Gasteiger partial charge is 0.0782 e. The van der Waals surface area contributed by atoms with E-state index in [1.54, 1.807) is 0 Å². The molecule has 0 radical (unpaired) electrons. The number of nitrogens with zero attached hydrogens (tertiary/aromatic N) is 2. The quantitative estimate of drug-likeness (QED) is 0.182. The van der Waals surface area contributed by atoms with Crippen molar-refractivity contribution in [2.75, 3.05) is 0 Å². The lowest BCUT2D eigenvalue weighted by molar-refractivity contribution is 1.12. The predicted octanol–water partition coefficient (Wildman–Crippen LogP) is 12.4. The zero-order valence-corrected chi connectivity index (χ0v) is 27.5. The minimum atomic E-state index is 1.01. The van der Waals surface area contributed by atoms with Crippen LogP contribution in [0, 0.1) is 13.8 Å². The molecule has 0 atom stereocenters. The fourth-order valence-corrected chi connectivity index (χ4v) is 7.94. The van der Waals surface area contributed by atoms with Crippen molar-refractivity contribution in [1.29, 1.82) is 0 Å². The summed E-state index contributed by atoms with van der Waals surface area (Å²) >= 11 is 0.